The summed E-state index contributed by atoms with van der Waals surface area (Å²) in [6, 6.07) is 11.7. The highest BCUT2D eigenvalue weighted by molar-refractivity contribution is 7.89. The predicted octanol–water partition coefficient (Wildman–Crippen LogP) is 1.81. The third kappa shape index (κ3) is 4.67. The maximum Gasteiger partial charge on any atom is 0.332 e. The van der Waals surface area contributed by atoms with Crippen molar-refractivity contribution in [3.05, 3.63) is 54.1 Å². The van der Waals surface area contributed by atoms with Crippen LogP contribution in [0.3, 0.4) is 0 Å². The van der Waals surface area contributed by atoms with Gasteiger partial charge < -0.3 is 10.1 Å². The fourth-order valence-corrected chi connectivity index (χ4v) is 5.31. The molecule has 0 saturated carbocycles. The first-order valence-electron chi connectivity index (χ1n) is 10.9. The minimum Gasteiger partial charge on any atom is -0.379 e. The molecule has 2 aliphatic rings. The van der Waals surface area contributed by atoms with Gasteiger partial charge in [-0.05, 0) is 50.2 Å². The van der Waals surface area contributed by atoms with Crippen LogP contribution < -0.4 is 10.2 Å². The van der Waals surface area contributed by atoms with Crippen molar-refractivity contribution >= 4 is 39.2 Å². The van der Waals surface area contributed by atoms with Gasteiger partial charge in [-0.25, -0.2) is 13.2 Å². The van der Waals surface area contributed by atoms with E-state index >= 15 is 0 Å². The Morgan fingerprint density at radius 2 is 1.65 bits per heavy atom. The van der Waals surface area contributed by atoms with Gasteiger partial charge in [0.15, 0.2) is 0 Å². The molecule has 2 aliphatic heterocycles. The number of urea groups is 1. The number of morpholine rings is 1. The van der Waals surface area contributed by atoms with Gasteiger partial charge in [-0.1, -0.05) is 17.7 Å². The normalized spacial score (nSPS) is 19.5. The van der Waals surface area contributed by atoms with E-state index in [4.69, 9.17) is 4.74 Å². The van der Waals surface area contributed by atoms with Crippen molar-refractivity contribution in [2.24, 2.45) is 0 Å². The van der Waals surface area contributed by atoms with Gasteiger partial charge in [0.05, 0.1) is 18.1 Å². The van der Waals surface area contributed by atoms with Crippen LogP contribution in [-0.2, 0) is 24.3 Å². The van der Waals surface area contributed by atoms with Crippen LogP contribution in [-0.4, -0.2) is 74.4 Å². The molecule has 2 aromatic rings. The van der Waals surface area contributed by atoms with Crippen LogP contribution in [0.2, 0.25) is 0 Å². The highest BCUT2D eigenvalue weighted by Crippen LogP contribution is 2.26. The van der Waals surface area contributed by atoms with Crippen molar-refractivity contribution in [2.75, 3.05) is 43.1 Å². The number of hydrogen-bond donors (Lipinski definition) is 1. The van der Waals surface area contributed by atoms with Crippen molar-refractivity contribution in [3.63, 3.8) is 0 Å². The summed E-state index contributed by atoms with van der Waals surface area (Å²) in [6.45, 7) is 4.37. The molecule has 0 radical (unpaired) electrons. The quantitative estimate of drug-likeness (QED) is 0.623. The number of carbonyl (C=O) groups excluding carboxylic acids is 3. The Balaban J connectivity index is 1.41. The second-order valence-electron chi connectivity index (χ2n) is 8.18. The summed E-state index contributed by atoms with van der Waals surface area (Å²) in [7, 11) is -3.64. The van der Waals surface area contributed by atoms with E-state index in [1.807, 2.05) is 19.1 Å². The lowest BCUT2D eigenvalue weighted by Gasteiger charge is -2.26. The standard InChI is InChI=1S/C23H26N4O6S/c1-16-3-7-19(8-4-16)27-17(2)22(29)26(23(27)30)15-21(28)24-18-5-9-20(10-6-18)34(31,32)25-11-13-33-14-12-25/h3-10,17H,11-15H2,1-2H3,(H,24,28). The minimum absolute atomic E-state index is 0.111. The number of nitrogens with one attached hydrogen (secondary N) is 1. The Labute approximate surface area is 198 Å². The van der Waals surface area contributed by atoms with Crippen LogP contribution in [0.25, 0.3) is 0 Å². The molecule has 4 rings (SSSR count). The molecule has 180 valence electrons. The van der Waals surface area contributed by atoms with Gasteiger partial charge in [-0.2, -0.15) is 4.31 Å². The van der Waals surface area contributed by atoms with Crippen molar-refractivity contribution in [1.29, 1.82) is 0 Å². The summed E-state index contributed by atoms with van der Waals surface area (Å²) in [5.41, 5.74) is 1.96. The van der Waals surface area contributed by atoms with Crippen LogP contribution >= 0.6 is 0 Å². The van der Waals surface area contributed by atoms with Gasteiger partial charge in [0, 0.05) is 24.5 Å². The number of benzene rings is 2. The lowest BCUT2D eigenvalue weighted by molar-refractivity contribution is -0.130. The molecule has 0 aliphatic carbocycles. The predicted molar refractivity (Wildman–Crippen MR) is 125 cm³/mol. The number of ether oxygens (including phenoxy) is 1. The lowest BCUT2D eigenvalue weighted by Crippen LogP contribution is -2.40. The van der Waals surface area contributed by atoms with E-state index in [-0.39, 0.29) is 18.0 Å². The fourth-order valence-electron chi connectivity index (χ4n) is 3.90. The Morgan fingerprint density at radius 3 is 2.26 bits per heavy atom. The summed E-state index contributed by atoms with van der Waals surface area (Å²) in [4.78, 5) is 40.5. The van der Waals surface area contributed by atoms with Crippen LogP contribution in [0.5, 0.6) is 0 Å². The number of rotatable bonds is 6. The van der Waals surface area contributed by atoms with E-state index in [9.17, 15) is 22.8 Å². The Bertz CT molecular complexity index is 1190. The summed E-state index contributed by atoms with van der Waals surface area (Å²) in [6.07, 6.45) is 0. The van der Waals surface area contributed by atoms with Gasteiger partial charge >= 0.3 is 6.03 Å². The van der Waals surface area contributed by atoms with Gasteiger partial charge in [0.1, 0.15) is 12.6 Å². The van der Waals surface area contributed by atoms with E-state index < -0.39 is 40.5 Å². The van der Waals surface area contributed by atoms with Crippen LogP contribution in [0.15, 0.2) is 53.4 Å². The zero-order valence-electron chi connectivity index (χ0n) is 18.9. The Hall–Kier alpha value is -3.28. The second kappa shape index (κ2) is 9.53. The maximum atomic E-state index is 12.9. The molecule has 0 aromatic heterocycles. The average molecular weight is 487 g/mol. The topological polar surface area (TPSA) is 116 Å². The number of amides is 4. The molecule has 2 fully saturated rings. The van der Waals surface area contributed by atoms with E-state index in [0.717, 1.165) is 10.5 Å². The zero-order chi connectivity index (χ0) is 24.5. The molecule has 10 nitrogen and oxygen atoms in total. The SMILES string of the molecule is Cc1ccc(N2C(=O)N(CC(=O)Nc3ccc(S(=O)(=O)N4CCOCC4)cc3)C(=O)C2C)cc1. The molecule has 2 aromatic carbocycles. The number of anilines is 2. The number of hydrogen-bond acceptors (Lipinski definition) is 6. The first-order chi connectivity index (χ1) is 16.2. The van der Waals surface area contributed by atoms with Crippen molar-refractivity contribution in [1.82, 2.24) is 9.21 Å². The van der Waals surface area contributed by atoms with E-state index in [0.29, 0.717) is 24.6 Å². The lowest BCUT2D eigenvalue weighted by atomic mass is 10.2. The second-order valence-corrected chi connectivity index (χ2v) is 10.1. The molecule has 11 heteroatoms. The van der Waals surface area contributed by atoms with Crippen molar-refractivity contribution in [3.8, 4) is 0 Å². The Kier molecular flexibility index (Phi) is 6.69. The average Bonchev–Trinajstić information content (AvgIpc) is 3.04. The largest absolute Gasteiger partial charge is 0.379 e. The van der Waals surface area contributed by atoms with Crippen molar-refractivity contribution in [2.45, 2.75) is 24.8 Å². The third-order valence-corrected chi connectivity index (χ3v) is 7.72. The molecule has 2 saturated heterocycles. The summed E-state index contributed by atoms with van der Waals surface area (Å²) >= 11 is 0. The van der Waals surface area contributed by atoms with E-state index in [1.54, 1.807) is 19.1 Å². The van der Waals surface area contributed by atoms with Gasteiger partial charge in [-0.15, -0.1) is 0 Å². The molecular weight excluding hydrogens is 460 g/mol. The number of nitrogens with zero attached hydrogens (tertiary/aromatic N) is 3. The Morgan fingerprint density at radius 1 is 1.03 bits per heavy atom. The highest BCUT2D eigenvalue weighted by atomic mass is 32.2. The zero-order valence-corrected chi connectivity index (χ0v) is 19.7. The maximum absolute atomic E-state index is 12.9. The first-order valence-corrected chi connectivity index (χ1v) is 12.3. The van der Waals surface area contributed by atoms with Crippen LogP contribution in [0.1, 0.15) is 12.5 Å². The monoisotopic (exact) mass is 486 g/mol. The molecule has 34 heavy (non-hydrogen) atoms. The molecule has 1 atom stereocenters. The number of carbonyl (C=O) groups is 3. The highest BCUT2D eigenvalue weighted by Gasteiger charge is 2.44. The summed E-state index contributed by atoms with van der Waals surface area (Å²) < 4.78 is 32.0. The fraction of sp³-hybridized carbons (Fsp3) is 0.348. The van der Waals surface area contributed by atoms with Gasteiger partial charge in [0.2, 0.25) is 15.9 Å². The number of sulfonamides is 1. The first kappa shape index (κ1) is 23.9. The van der Waals surface area contributed by atoms with Gasteiger partial charge in [-0.3, -0.25) is 19.4 Å². The summed E-state index contributed by atoms with van der Waals surface area (Å²) in [5.74, 6) is -1.03. The number of aryl methyl sites for hydroxylation is 1. The van der Waals surface area contributed by atoms with E-state index in [1.165, 1.54) is 33.5 Å². The van der Waals surface area contributed by atoms with Crippen LogP contribution in [0.4, 0.5) is 16.2 Å². The smallest absolute Gasteiger partial charge is 0.332 e. The van der Waals surface area contributed by atoms with E-state index in [2.05, 4.69) is 5.32 Å². The van der Waals surface area contributed by atoms with Gasteiger partial charge in [0.25, 0.3) is 5.91 Å². The molecule has 4 amide bonds. The third-order valence-electron chi connectivity index (χ3n) is 5.81. The molecule has 0 spiro atoms. The number of imide groups is 1. The molecule has 2 heterocycles. The molecular formula is C23H26N4O6S. The molecule has 1 unspecified atom stereocenters. The molecule has 0 bridgehead atoms. The summed E-state index contributed by atoms with van der Waals surface area (Å²) in [5, 5.41) is 2.61. The molecule has 1 N–H and O–H groups in total. The minimum atomic E-state index is -3.64. The van der Waals surface area contributed by atoms with Crippen LogP contribution in [0, 0.1) is 6.92 Å². The van der Waals surface area contributed by atoms with Crippen molar-refractivity contribution < 1.29 is 27.5 Å².